The van der Waals surface area contributed by atoms with E-state index >= 15 is 0 Å². The summed E-state index contributed by atoms with van der Waals surface area (Å²) in [5, 5.41) is 84.1. The van der Waals surface area contributed by atoms with Crippen LogP contribution in [0.2, 0.25) is 0 Å². The van der Waals surface area contributed by atoms with Crippen molar-refractivity contribution in [2.75, 3.05) is 61.4 Å². The maximum Gasteiger partial charge on any atom is 0.351 e. The molecule has 6 amide bonds. The van der Waals surface area contributed by atoms with Gasteiger partial charge in [-0.05, 0) is 140 Å². The van der Waals surface area contributed by atoms with E-state index < -0.39 is 204 Å². The SMILES string of the molecule is C.C.C.CC[C@H]1O[C@@H](n2cc(C)c(=O)[nH]c2=O)[C@@H](OC(C)C(=O)NC)C1O.CC[C@H]1O[C@@H](n2cc(C)c(=O)[nH]c2=O)[C@@H](OC(C)C(=O)NC)C1O.CC[C@H]1O[C@@H](n2ccc(NC(=O)c3ccccc3)nc2=O)[C@@H](OC(C)C(=O)NC)C1O.CNC(=O)C(C)Br.CNC(=O)C(C)O[C@H]1C(O)[C@@H](CO)O[C@H]1n1cc(C)c(=O)[nH]c1=O.COc1ccc(C(Cl)(c2ccccc2)c2ccc(OC)cc2)cc1.[B][C@@H]1O[C@H](CC)C(O)[C@@H]1O.[HH].[HH].[HH]. The van der Waals surface area contributed by atoms with Gasteiger partial charge in [0.15, 0.2) is 24.9 Å². The Balaban J connectivity index is 0.000000894. The number of aryl methyl sites for hydroxylation is 3. The number of aromatic nitrogens is 8. The summed E-state index contributed by atoms with van der Waals surface area (Å²) in [6.07, 6.45) is -12.8. The van der Waals surface area contributed by atoms with E-state index in [2.05, 4.69) is 67.8 Å². The van der Waals surface area contributed by atoms with Crippen LogP contribution in [0.1, 0.15) is 183 Å². The number of hydrogen-bond acceptors (Lipinski definition) is 32. The molecular weight excluding hydrogens is 2010 g/mol. The van der Waals surface area contributed by atoms with E-state index in [1.165, 1.54) is 86.6 Å². The van der Waals surface area contributed by atoms with Gasteiger partial charge in [-0.2, -0.15) is 4.98 Å². The van der Waals surface area contributed by atoms with Gasteiger partial charge in [0, 0.05) is 92.6 Å². The van der Waals surface area contributed by atoms with Gasteiger partial charge in [-0.15, -0.1) is 11.6 Å². The number of methoxy groups -OCH3 is 2. The van der Waals surface area contributed by atoms with Gasteiger partial charge in [0.1, 0.15) is 115 Å². The second-order valence-electron chi connectivity index (χ2n) is 33.6. The summed E-state index contributed by atoms with van der Waals surface area (Å²) >= 11 is 10.3. The molecule has 48 heteroatoms. The maximum absolute atomic E-state index is 12.7. The zero-order valence-corrected chi connectivity index (χ0v) is 85.6. The molecule has 0 bridgehead atoms. The second-order valence-corrected chi connectivity index (χ2v) is 35.5. The van der Waals surface area contributed by atoms with Gasteiger partial charge >= 0.3 is 22.8 Å². The first kappa shape index (κ1) is 128. The average Bonchev–Trinajstić information content (AvgIpc) is 1.38. The fourth-order valence-corrected chi connectivity index (χ4v) is 16.0. The van der Waals surface area contributed by atoms with Crippen molar-refractivity contribution in [3.05, 3.63) is 252 Å². The summed E-state index contributed by atoms with van der Waals surface area (Å²) in [6, 6.07) is 35.1. The van der Waals surface area contributed by atoms with Crippen molar-refractivity contribution in [1.29, 1.82) is 0 Å². The van der Waals surface area contributed by atoms with Crippen molar-refractivity contribution in [1.82, 2.24) is 64.8 Å². The van der Waals surface area contributed by atoms with Gasteiger partial charge in [-0.3, -0.25) is 76.4 Å². The molecule has 10 unspecified atom stereocenters. The van der Waals surface area contributed by atoms with E-state index in [9.17, 15) is 93.0 Å². The Morgan fingerprint density at radius 3 is 1.00 bits per heavy atom. The molecule has 147 heavy (non-hydrogen) atoms. The lowest BCUT2D eigenvalue weighted by molar-refractivity contribution is -0.144. The van der Waals surface area contributed by atoms with Crippen LogP contribution in [-0.4, -0.2) is 300 Å². The summed E-state index contributed by atoms with van der Waals surface area (Å²) in [4.78, 5) is 163. The minimum absolute atomic E-state index is 0. The van der Waals surface area contributed by atoms with E-state index in [1.54, 1.807) is 93.1 Å². The number of nitrogens with one attached hydrogen (secondary N) is 9. The molecule has 2 radical (unpaired) electrons. The molecule has 818 valence electrons. The van der Waals surface area contributed by atoms with Crippen LogP contribution in [0.4, 0.5) is 5.82 Å². The van der Waals surface area contributed by atoms with Crippen molar-refractivity contribution in [3.63, 3.8) is 0 Å². The number of halogens is 2. The van der Waals surface area contributed by atoms with Crippen LogP contribution in [0.15, 0.2) is 174 Å². The average molecular weight is 2160 g/mol. The zero-order chi connectivity index (χ0) is 107. The molecule has 5 aliphatic heterocycles. The molecule has 16 N–H and O–H groups in total. The van der Waals surface area contributed by atoms with Crippen LogP contribution in [0.25, 0.3) is 0 Å². The molecule has 0 aliphatic carbocycles. The van der Waals surface area contributed by atoms with Crippen LogP contribution in [0.5, 0.6) is 11.5 Å². The third kappa shape index (κ3) is 33.0. The largest absolute Gasteiger partial charge is 0.497 e. The molecule has 5 fully saturated rings. The molecule has 4 aromatic heterocycles. The summed E-state index contributed by atoms with van der Waals surface area (Å²) in [7, 11) is 16.1. The van der Waals surface area contributed by atoms with E-state index in [0.29, 0.717) is 42.4 Å². The van der Waals surface area contributed by atoms with Gasteiger partial charge in [-0.1, -0.05) is 139 Å². The Hall–Kier alpha value is -11.6. The Kier molecular flexibility index (Phi) is 52.3. The monoisotopic (exact) mass is 2150 g/mol. The predicted octanol–water partition coefficient (Wildman–Crippen LogP) is 3.77. The van der Waals surface area contributed by atoms with E-state index in [4.69, 9.17) is 76.7 Å². The number of hydrogen-bond donors (Lipinski definition) is 16. The number of aliphatic hydroxyl groups is 7. The Morgan fingerprint density at radius 2 is 0.735 bits per heavy atom. The van der Waals surface area contributed by atoms with Gasteiger partial charge in [0.25, 0.3) is 22.6 Å². The second kappa shape index (κ2) is 60.2. The fraction of sp³-hybridized carbons (Fsp3) is 0.535. The Morgan fingerprint density at radius 1 is 0.442 bits per heavy atom. The number of alkyl halides is 2. The molecule has 5 saturated heterocycles. The molecule has 9 heterocycles. The van der Waals surface area contributed by atoms with Gasteiger partial charge < -0.3 is 120 Å². The van der Waals surface area contributed by atoms with Crippen LogP contribution in [-0.2, 0) is 71.5 Å². The van der Waals surface area contributed by atoms with Crippen molar-refractivity contribution in [3.8, 4) is 11.5 Å². The number of likely N-dealkylation sites (N-methyl/N-ethyl adjacent to an activating group) is 4. The number of ether oxygens (including phenoxy) is 11. The van der Waals surface area contributed by atoms with Gasteiger partial charge in [0.05, 0.1) is 56.2 Å². The summed E-state index contributed by atoms with van der Waals surface area (Å²) in [6.45, 7) is 19.4. The van der Waals surface area contributed by atoms with E-state index in [1.807, 2.05) is 107 Å². The highest BCUT2D eigenvalue weighted by molar-refractivity contribution is 9.10. The standard InChI is InChI=1S/C21H19ClO2.C21H26N4O6.2C15H23N3O6.C14H21N3O7.C6H11BO3.C4H8BrNO.3CH4.3H2/c1-23-19-12-8-17(9-13-19)21(22,16-6-4-3-5-7-16)18-10-14-20(24-2)15-11-18;1-4-14-16(26)17(30-12(2)18(27)22-3)20(31-14)25-11-10-15(24-21(25)29)23-19(28)13-8-6-5-7-9-13;2*1-5-9-10(19)11(23-8(3)13(21)16-4)14(24-9)18-6-7(2)12(20)17-15(18)22;1-6-4-17(14(22)16-11(6)20)13-10(9(19)8(5-18)24-13)23-7(2)12(21)15-3;1-2-3-4(8)5(9)6(7)10-3;1-3(5)4(7)6-2;;;;;;/h3-15H,1-2H3;5-12,14,16-17,20,26H,4H2,1-3H3,(H,22,27)(H,23,24,28,29);2*6,8-11,14,19H,5H2,1-4H3,(H,16,21)(H,17,20,22);4,7-10,13,18-19H,5H2,1-3H3,(H,15,21)(H,16,20,22);3-6,8-9H,2H2,1H3;3H,1-2H3,(H,6,7);3*1H4;3*1H/t;12?,14-,16?,17+,20-;2*8?,9-,10?,11+,14-;7?,8-,9?,10+,13-;3-,4?,5+,6-;;;;;;;/m.11111......./s1. The third-order valence-electron chi connectivity index (χ3n) is 23.7. The highest BCUT2D eigenvalue weighted by Gasteiger charge is 2.51. The van der Waals surface area contributed by atoms with Crippen LogP contribution in [0.3, 0.4) is 0 Å². The minimum Gasteiger partial charge on any atom is -0.497 e. The first-order valence-electron chi connectivity index (χ1n) is 46.3. The van der Waals surface area contributed by atoms with E-state index in [0.717, 1.165) is 32.8 Å². The molecule has 4 aromatic carbocycles. The molecule has 8 aromatic rings. The number of H-pyrrole nitrogens is 3. The molecular formula is C99H149BBrClN14O31. The number of carbonyl (C=O) groups is 6. The first-order valence-corrected chi connectivity index (χ1v) is 47.6. The molecule has 5 aliphatic rings. The van der Waals surface area contributed by atoms with Gasteiger partial charge in [0.2, 0.25) is 29.5 Å². The predicted molar refractivity (Wildman–Crippen MR) is 556 cm³/mol. The lowest BCUT2D eigenvalue weighted by atomic mass is 9.84. The van der Waals surface area contributed by atoms with Crippen LogP contribution >= 0.6 is 27.5 Å². The maximum atomic E-state index is 12.7. The van der Waals surface area contributed by atoms with Crippen LogP contribution < -0.4 is 80.8 Å². The molecule has 25 atom stereocenters. The summed E-state index contributed by atoms with van der Waals surface area (Å²) in [5.74, 6) is -0.187. The lowest BCUT2D eigenvalue weighted by Gasteiger charge is -2.29. The Labute approximate surface area is 870 Å². The summed E-state index contributed by atoms with van der Waals surface area (Å²) < 4.78 is 65.6. The zero-order valence-electron chi connectivity index (χ0n) is 83.2. The van der Waals surface area contributed by atoms with Crippen LogP contribution in [0, 0.1) is 20.8 Å². The highest BCUT2D eigenvalue weighted by atomic mass is 79.9. The number of rotatable bonds is 29. The Bertz CT molecular complexity index is 5630. The number of amides is 6. The smallest absolute Gasteiger partial charge is 0.351 e. The highest BCUT2D eigenvalue weighted by Crippen LogP contribution is 2.45. The number of aliphatic hydroxyl groups excluding tert-OH is 7. The fourth-order valence-electron chi connectivity index (χ4n) is 15.4. The lowest BCUT2D eigenvalue weighted by Crippen LogP contribution is -2.44. The van der Waals surface area contributed by atoms with Gasteiger partial charge in [-0.25, -0.2) is 19.2 Å². The topological polar surface area (TPSA) is 617 Å². The third-order valence-corrected chi connectivity index (χ3v) is 24.8. The summed E-state index contributed by atoms with van der Waals surface area (Å²) in [5.41, 5.74) is 0.0448. The first-order chi connectivity index (χ1) is 68.3. The minimum atomic E-state index is -1.26. The quantitative estimate of drug-likeness (QED) is 0.0180. The molecule has 45 nitrogen and oxygen atoms in total. The van der Waals surface area contributed by atoms with Crippen molar-refractivity contribution in [2.24, 2.45) is 0 Å². The molecule has 13 rings (SSSR count). The number of nitrogens with zero attached hydrogens (tertiary/aromatic N) is 5. The molecule has 0 spiro atoms. The van der Waals surface area contributed by atoms with Crippen molar-refractivity contribution < 1.29 is 121 Å². The molecule has 0 saturated carbocycles. The number of aromatic amines is 3. The normalized spacial score (nSPS) is 24.4. The number of carbonyl (C=O) groups excluding carboxylic acids is 6. The number of benzene rings is 4. The van der Waals surface area contributed by atoms with Crippen molar-refractivity contribution >= 4 is 76.6 Å². The number of anilines is 1. The van der Waals surface area contributed by atoms with Crippen molar-refractivity contribution in [2.45, 2.75) is 288 Å². The van der Waals surface area contributed by atoms with E-state index in [-0.39, 0.29) is 72.5 Å².